The van der Waals surface area contributed by atoms with Crippen LogP contribution in [0.25, 0.3) is 10.9 Å². The number of hydrogen-bond donors (Lipinski definition) is 2. The number of carbonyl (C=O) groups is 1. The van der Waals surface area contributed by atoms with Gasteiger partial charge in [0, 0.05) is 26.2 Å². The van der Waals surface area contributed by atoms with Crippen LogP contribution in [0.15, 0.2) is 59.4 Å². The predicted octanol–water partition coefficient (Wildman–Crippen LogP) is 2.64. The second-order valence-electron chi connectivity index (χ2n) is 7.70. The quantitative estimate of drug-likeness (QED) is 0.717. The van der Waals surface area contributed by atoms with Crippen molar-refractivity contribution in [2.75, 3.05) is 13.1 Å². The van der Waals surface area contributed by atoms with Crippen molar-refractivity contribution < 1.29 is 9.90 Å². The highest BCUT2D eigenvalue weighted by atomic mass is 16.3. The highest BCUT2D eigenvalue weighted by molar-refractivity contribution is 5.97. The standard InChI is InChI=1S/C23H25N3O3/c1-25-21-10-3-2-7-17(21)13-20(23(25)29)22(28)24-18-8-5-11-26(15-18)14-16-6-4-9-19(27)12-16/h2-4,6-7,9-10,12-13,18,27H,5,8,11,14-15H2,1H3,(H,24,28). The molecule has 0 saturated carbocycles. The lowest BCUT2D eigenvalue weighted by molar-refractivity contribution is 0.0899. The van der Waals surface area contributed by atoms with E-state index >= 15 is 0 Å². The third-order valence-corrected chi connectivity index (χ3v) is 5.54. The van der Waals surface area contributed by atoms with Crippen LogP contribution in [-0.2, 0) is 13.6 Å². The molecule has 2 heterocycles. The fourth-order valence-electron chi connectivity index (χ4n) is 4.08. The summed E-state index contributed by atoms with van der Waals surface area (Å²) in [5.74, 6) is -0.0583. The van der Waals surface area contributed by atoms with E-state index in [-0.39, 0.29) is 28.8 Å². The molecule has 0 bridgehead atoms. The van der Waals surface area contributed by atoms with Gasteiger partial charge in [0.15, 0.2) is 0 Å². The summed E-state index contributed by atoms with van der Waals surface area (Å²) in [7, 11) is 1.69. The molecule has 1 aromatic heterocycles. The summed E-state index contributed by atoms with van der Waals surface area (Å²) < 4.78 is 1.53. The molecule has 4 rings (SSSR count). The molecule has 0 radical (unpaired) electrons. The van der Waals surface area contributed by atoms with Crippen LogP contribution in [0, 0.1) is 0 Å². The third kappa shape index (κ3) is 4.17. The fraction of sp³-hybridized carbons (Fsp3) is 0.304. The topological polar surface area (TPSA) is 74.6 Å². The molecule has 0 aliphatic carbocycles. The van der Waals surface area contributed by atoms with Crippen molar-refractivity contribution in [2.45, 2.75) is 25.4 Å². The molecule has 29 heavy (non-hydrogen) atoms. The SMILES string of the molecule is Cn1c(=O)c(C(=O)NC2CCCN(Cc3cccc(O)c3)C2)cc2ccccc21. The highest BCUT2D eigenvalue weighted by Gasteiger charge is 2.23. The molecule has 0 spiro atoms. The summed E-state index contributed by atoms with van der Waals surface area (Å²) in [5.41, 5.74) is 1.74. The summed E-state index contributed by atoms with van der Waals surface area (Å²) >= 11 is 0. The number of aromatic nitrogens is 1. The van der Waals surface area contributed by atoms with Gasteiger partial charge in [-0.05, 0) is 54.6 Å². The van der Waals surface area contributed by atoms with E-state index in [4.69, 9.17) is 0 Å². The number of aromatic hydroxyl groups is 1. The van der Waals surface area contributed by atoms with Crippen LogP contribution in [0.5, 0.6) is 5.75 Å². The Morgan fingerprint density at radius 2 is 2.00 bits per heavy atom. The maximum atomic E-state index is 12.9. The molecule has 150 valence electrons. The van der Waals surface area contributed by atoms with Crippen LogP contribution < -0.4 is 10.9 Å². The van der Waals surface area contributed by atoms with E-state index in [1.165, 1.54) is 4.57 Å². The first-order valence-corrected chi connectivity index (χ1v) is 9.91. The average Bonchev–Trinajstić information content (AvgIpc) is 2.71. The van der Waals surface area contributed by atoms with E-state index in [1.54, 1.807) is 25.2 Å². The lowest BCUT2D eigenvalue weighted by atomic mass is 10.0. The Morgan fingerprint density at radius 3 is 2.83 bits per heavy atom. The molecule has 1 fully saturated rings. The zero-order valence-electron chi connectivity index (χ0n) is 16.5. The van der Waals surface area contributed by atoms with Gasteiger partial charge in [-0.3, -0.25) is 14.5 Å². The van der Waals surface area contributed by atoms with Gasteiger partial charge in [-0.15, -0.1) is 0 Å². The van der Waals surface area contributed by atoms with Crippen LogP contribution in [0.4, 0.5) is 0 Å². The number of nitrogens with zero attached hydrogens (tertiary/aromatic N) is 2. The summed E-state index contributed by atoms with van der Waals surface area (Å²) in [6.45, 7) is 2.38. The minimum Gasteiger partial charge on any atom is -0.508 e. The first-order chi connectivity index (χ1) is 14.0. The molecule has 1 aliphatic heterocycles. The van der Waals surface area contributed by atoms with Gasteiger partial charge >= 0.3 is 0 Å². The van der Waals surface area contributed by atoms with E-state index in [9.17, 15) is 14.7 Å². The number of piperidine rings is 1. The second kappa shape index (κ2) is 8.09. The average molecular weight is 391 g/mol. The van der Waals surface area contributed by atoms with Crippen LogP contribution in [0.3, 0.4) is 0 Å². The third-order valence-electron chi connectivity index (χ3n) is 5.54. The normalized spacial score (nSPS) is 17.3. The number of amides is 1. The molecule has 6 nitrogen and oxygen atoms in total. The number of fused-ring (bicyclic) bond motifs is 1. The highest BCUT2D eigenvalue weighted by Crippen LogP contribution is 2.18. The Morgan fingerprint density at radius 1 is 1.17 bits per heavy atom. The zero-order valence-corrected chi connectivity index (χ0v) is 16.5. The van der Waals surface area contributed by atoms with Gasteiger partial charge in [-0.25, -0.2) is 0 Å². The summed E-state index contributed by atoms with van der Waals surface area (Å²) in [4.78, 5) is 27.8. The van der Waals surface area contributed by atoms with Crippen molar-refractivity contribution >= 4 is 16.8 Å². The Hall–Kier alpha value is -3.12. The molecule has 1 atom stereocenters. The van der Waals surface area contributed by atoms with Gasteiger partial charge in [-0.1, -0.05) is 30.3 Å². The van der Waals surface area contributed by atoms with E-state index in [1.807, 2.05) is 36.4 Å². The van der Waals surface area contributed by atoms with Crippen molar-refractivity contribution in [2.24, 2.45) is 7.05 Å². The Kier molecular flexibility index (Phi) is 5.36. The van der Waals surface area contributed by atoms with Crippen LogP contribution in [0.2, 0.25) is 0 Å². The van der Waals surface area contributed by atoms with E-state index in [2.05, 4.69) is 10.2 Å². The molecule has 6 heteroatoms. The van der Waals surface area contributed by atoms with Crippen LogP contribution in [0.1, 0.15) is 28.8 Å². The van der Waals surface area contributed by atoms with Crippen molar-refractivity contribution in [3.05, 3.63) is 76.1 Å². The number of benzene rings is 2. The number of phenols is 1. The number of para-hydroxylation sites is 1. The van der Waals surface area contributed by atoms with Crippen LogP contribution >= 0.6 is 0 Å². The van der Waals surface area contributed by atoms with Crippen molar-refractivity contribution in [1.82, 2.24) is 14.8 Å². The van der Waals surface area contributed by atoms with E-state index in [0.29, 0.717) is 0 Å². The molecule has 1 saturated heterocycles. The Balaban J connectivity index is 1.47. The van der Waals surface area contributed by atoms with Crippen molar-refractivity contribution in [1.29, 1.82) is 0 Å². The number of carbonyl (C=O) groups excluding carboxylic acids is 1. The maximum absolute atomic E-state index is 12.9. The maximum Gasteiger partial charge on any atom is 0.263 e. The van der Waals surface area contributed by atoms with Gasteiger partial charge < -0.3 is 15.0 Å². The van der Waals surface area contributed by atoms with Gasteiger partial charge in [0.2, 0.25) is 0 Å². The lowest BCUT2D eigenvalue weighted by Gasteiger charge is -2.33. The first kappa shape index (κ1) is 19.2. The smallest absolute Gasteiger partial charge is 0.263 e. The van der Waals surface area contributed by atoms with Gasteiger partial charge in [0.05, 0.1) is 5.52 Å². The molecule has 1 amide bonds. The fourth-order valence-corrected chi connectivity index (χ4v) is 4.08. The van der Waals surface area contributed by atoms with Gasteiger partial charge in [0.25, 0.3) is 11.5 Å². The van der Waals surface area contributed by atoms with E-state index < -0.39 is 0 Å². The molecule has 3 aromatic rings. The van der Waals surface area contributed by atoms with Crippen molar-refractivity contribution in [3.63, 3.8) is 0 Å². The number of hydrogen-bond acceptors (Lipinski definition) is 4. The van der Waals surface area contributed by atoms with Crippen LogP contribution in [-0.4, -0.2) is 39.6 Å². The molecule has 2 N–H and O–H groups in total. The van der Waals surface area contributed by atoms with Gasteiger partial charge in [0.1, 0.15) is 11.3 Å². The predicted molar refractivity (Wildman–Crippen MR) is 113 cm³/mol. The number of rotatable bonds is 4. The van der Waals surface area contributed by atoms with E-state index in [0.717, 1.165) is 48.9 Å². The monoisotopic (exact) mass is 391 g/mol. The molecule has 1 unspecified atom stereocenters. The summed E-state index contributed by atoms with van der Waals surface area (Å²) in [6, 6.07) is 16.5. The summed E-state index contributed by atoms with van der Waals surface area (Å²) in [6.07, 6.45) is 1.86. The molecular formula is C23H25N3O3. The number of pyridine rings is 1. The second-order valence-corrected chi connectivity index (χ2v) is 7.70. The minimum atomic E-state index is -0.319. The minimum absolute atomic E-state index is 0.00950. The largest absolute Gasteiger partial charge is 0.508 e. The number of phenolic OH excluding ortho intramolecular Hbond substituents is 1. The van der Waals surface area contributed by atoms with Crippen molar-refractivity contribution in [3.8, 4) is 5.75 Å². The summed E-state index contributed by atoms with van der Waals surface area (Å²) in [5, 5.41) is 13.6. The zero-order chi connectivity index (χ0) is 20.4. The first-order valence-electron chi connectivity index (χ1n) is 9.91. The molecule has 2 aromatic carbocycles. The molecular weight excluding hydrogens is 366 g/mol. The Labute approximate surface area is 169 Å². The number of likely N-dealkylation sites (tertiary alicyclic amines) is 1. The Bertz CT molecular complexity index is 1110. The number of aryl methyl sites for hydroxylation is 1. The lowest BCUT2D eigenvalue weighted by Crippen LogP contribution is -2.48. The molecule has 1 aliphatic rings. The number of nitrogens with one attached hydrogen (secondary N) is 1. The van der Waals surface area contributed by atoms with Gasteiger partial charge in [-0.2, -0.15) is 0 Å².